The molecule has 0 aromatic heterocycles. The number of carbonyl (C=O) groups excluding carboxylic acids is 1. The molecule has 136 valence electrons. The lowest BCUT2D eigenvalue weighted by atomic mass is 10.1. The molecular weight excluding hydrogens is 350 g/mol. The van der Waals surface area contributed by atoms with Crippen molar-refractivity contribution < 1.29 is 13.2 Å². The zero-order chi connectivity index (χ0) is 17.1. The highest BCUT2D eigenvalue weighted by molar-refractivity contribution is 7.89. The summed E-state index contributed by atoms with van der Waals surface area (Å²) in [5.74, 6) is -0.0718. The fourth-order valence-electron chi connectivity index (χ4n) is 2.58. The maximum absolute atomic E-state index is 12.5. The van der Waals surface area contributed by atoms with Crippen molar-refractivity contribution in [2.45, 2.75) is 44.2 Å². The van der Waals surface area contributed by atoms with Crippen molar-refractivity contribution in [1.82, 2.24) is 15.4 Å². The first-order valence-electron chi connectivity index (χ1n) is 7.79. The molecular formula is C16H26ClN3O3S. The Kier molecular flexibility index (Phi) is 7.22. The van der Waals surface area contributed by atoms with E-state index in [2.05, 4.69) is 15.4 Å². The van der Waals surface area contributed by atoms with Crippen molar-refractivity contribution in [3.05, 3.63) is 29.8 Å². The third-order valence-corrected chi connectivity index (χ3v) is 5.45. The summed E-state index contributed by atoms with van der Waals surface area (Å²) < 4.78 is 27.7. The molecule has 1 heterocycles. The van der Waals surface area contributed by atoms with Crippen LogP contribution in [-0.4, -0.2) is 33.0 Å². The molecule has 2 rings (SSSR count). The molecule has 0 spiro atoms. The third-order valence-electron chi connectivity index (χ3n) is 3.59. The molecule has 1 saturated heterocycles. The van der Waals surface area contributed by atoms with Gasteiger partial charge in [-0.15, -0.1) is 12.4 Å². The number of hydrogen-bond donors (Lipinski definition) is 3. The Balaban J connectivity index is 0.00000288. The lowest BCUT2D eigenvalue weighted by Crippen LogP contribution is -2.41. The van der Waals surface area contributed by atoms with Gasteiger partial charge in [-0.2, -0.15) is 0 Å². The molecule has 1 fully saturated rings. The monoisotopic (exact) mass is 375 g/mol. The number of benzene rings is 1. The van der Waals surface area contributed by atoms with Gasteiger partial charge in [-0.3, -0.25) is 4.79 Å². The Labute approximate surface area is 150 Å². The summed E-state index contributed by atoms with van der Waals surface area (Å²) in [4.78, 5) is 12.3. The molecule has 0 aliphatic carbocycles. The summed E-state index contributed by atoms with van der Waals surface area (Å²) in [5.41, 5.74) is 0.0219. The van der Waals surface area contributed by atoms with Crippen LogP contribution in [0.1, 0.15) is 32.8 Å². The van der Waals surface area contributed by atoms with E-state index in [0.717, 1.165) is 13.0 Å². The van der Waals surface area contributed by atoms with E-state index in [1.165, 1.54) is 0 Å². The fraction of sp³-hybridized carbons (Fsp3) is 0.562. The van der Waals surface area contributed by atoms with Crippen LogP contribution in [0.3, 0.4) is 0 Å². The second-order valence-corrected chi connectivity index (χ2v) is 8.52. The van der Waals surface area contributed by atoms with Crippen LogP contribution in [0.15, 0.2) is 29.2 Å². The van der Waals surface area contributed by atoms with Gasteiger partial charge in [-0.25, -0.2) is 13.1 Å². The molecule has 24 heavy (non-hydrogen) atoms. The number of amides is 1. The number of hydrogen-bond acceptors (Lipinski definition) is 4. The van der Waals surface area contributed by atoms with Gasteiger partial charge in [0, 0.05) is 18.6 Å². The Morgan fingerprint density at radius 3 is 2.54 bits per heavy atom. The average Bonchev–Trinajstić information content (AvgIpc) is 2.96. The van der Waals surface area contributed by atoms with E-state index in [0.29, 0.717) is 12.1 Å². The largest absolute Gasteiger partial charge is 0.352 e. The van der Waals surface area contributed by atoms with Crippen molar-refractivity contribution in [3.8, 4) is 0 Å². The van der Waals surface area contributed by atoms with Gasteiger partial charge in [0.1, 0.15) is 0 Å². The molecule has 6 nitrogen and oxygen atoms in total. The van der Waals surface area contributed by atoms with Crippen LogP contribution < -0.4 is 15.4 Å². The minimum absolute atomic E-state index is 0. The van der Waals surface area contributed by atoms with Crippen LogP contribution >= 0.6 is 12.4 Å². The molecule has 8 heteroatoms. The average molecular weight is 376 g/mol. The van der Waals surface area contributed by atoms with Gasteiger partial charge in [-0.05, 0) is 45.4 Å². The lowest BCUT2D eigenvalue weighted by Gasteiger charge is -2.21. The second-order valence-electron chi connectivity index (χ2n) is 6.87. The number of sulfonamides is 1. The molecule has 1 aliphatic heterocycles. The summed E-state index contributed by atoms with van der Waals surface area (Å²) in [6, 6.07) is 6.75. The number of nitrogens with one attached hydrogen (secondary N) is 3. The van der Waals surface area contributed by atoms with Crippen LogP contribution in [0, 0.1) is 5.92 Å². The highest BCUT2D eigenvalue weighted by Crippen LogP contribution is 2.18. The Bertz CT molecular complexity index is 665. The van der Waals surface area contributed by atoms with Gasteiger partial charge in [0.15, 0.2) is 0 Å². The van der Waals surface area contributed by atoms with Gasteiger partial charge >= 0.3 is 0 Å². The molecule has 1 aromatic rings. The summed E-state index contributed by atoms with van der Waals surface area (Å²) in [6.07, 6.45) is 0.817. The molecule has 0 bridgehead atoms. The van der Waals surface area contributed by atoms with Crippen LogP contribution in [0.4, 0.5) is 0 Å². The van der Waals surface area contributed by atoms with Crippen molar-refractivity contribution >= 4 is 28.3 Å². The van der Waals surface area contributed by atoms with Crippen molar-refractivity contribution in [3.63, 3.8) is 0 Å². The van der Waals surface area contributed by atoms with Crippen LogP contribution in [-0.2, 0) is 21.4 Å². The molecule has 3 N–H and O–H groups in total. The van der Waals surface area contributed by atoms with Crippen LogP contribution in [0.2, 0.25) is 0 Å². The number of halogens is 1. The molecule has 0 saturated carbocycles. The summed E-state index contributed by atoms with van der Waals surface area (Å²) in [7, 11) is -3.63. The highest BCUT2D eigenvalue weighted by atomic mass is 35.5. The van der Waals surface area contributed by atoms with Gasteiger partial charge in [-0.1, -0.05) is 18.2 Å². The summed E-state index contributed by atoms with van der Waals surface area (Å²) >= 11 is 0. The van der Waals surface area contributed by atoms with E-state index in [1.54, 1.807) is 45.0 Å². The number of rotatable bonds is 5. The smallest absolute Gasteiger partial charge is 0.241 e. The Morgan fingerprint density at radius 1 is 1.29 bits per heavy atom. The molecule has 1 aliphatic rings. The van der Waals surface area contributed by atoms with E-state index in [-0.39, 0.29) is 35.7 Å². The summed E-state index contributed by atoms with van der Waals surface area (Å²) in [5, 5.41) is 5.99. The van der Waals surface area contributed by atoms with E-state index in [4.69, 9.17) is 0 Å². The molecule has 1 amide bonds. The third kappa shape index (κ3) is 5.73. The predicted molar refractivity (Wildman–Crippen MR) is 96.6 cm³/mol. The quantitative estimate of drug-likeness (QED) is 0.726. The molecule has 1 unspecified atom stereocenters. The van der Waals surface area contributed by atoms with Gasteiger partial charge < -0.3 is 10.6 Å². The molecule has 1 aromatic carbocycles. The molecule has 1 atom stereocenters. The maximum Gasteiger partial charge on any atom is 0.241 e. The molecule has 0 radical (unpaired) electrons. The predicted octanol–water partition coefficient (Wildman–Crippen LogP) is 1.41. The first-order chi connectivity index (χ1) is 10.7. The normalized spacial score (nSPS) is 18.0. The number of carbonyl (C=O) groups is 1. The Hall–Kier alpha value is -1.15. The van der Waals surface area contributed by atoms with Crippen molar-refractivity contribution in [2.24, 2.45) is 5.92 Å². The van der Waals surface area contributed by atoms with E-state index < -0.39 is 15.6 Å². The van der Waals surface area contributed by atoms with Crippen LogP contribution in [0.5, 0.6) is 0 Å². The zero-order valence-corrected chi connectivity index (χ0v) is 15.9. The van der Waals surface area contributed by atoms with Gasteiger partial charge in [0.2, 0.25) is 15.9 Å². The first kappa shape index (κ1) is 20.9. The van der Waals surface area contributed by atoms with Crippen LogP contribution in [0.25, 0.3) is 0 Å². The van der Waals surface area contributed by atoms with Gasteiger partial charge in [0.25, 0.3) is 0 Å². The van der Waals surface area contributed by atoms with Gasteiger partial charge in [0.05, 0.1) is 10.8 Å². The first-order valence-corrected chi connectivity index (χ1v) is 9.28. The highest BCUT2D eigenvalue weighted by Gasteiger charge is 2.25. The van der Waals surface area contributed by atoms with Crippen molar-refractivity contribution in [2.75, 3.05) is 13.1 Å². The topological polar surface area (TPSA) is 87.3 Å². The zero-order valence-electron chi connectivity index (χ0n) is 14.3. The standard InChI is InChI=1S/C16H25N3O3S.ClH/c1-16(2,3)19-23(21,22)14-7-5-4-6-12(14)11-18-15(20)13-8-9-17-10-13;/h4-7,13,17,19H,8-11H2,1-3H3,(H,18,20);1H. The summed E-state index contributed by atoms with van der Waals surface area (Å²) in [6.45, 7) is 7.11. The Morgan fingerprint density at radius 2 is 1.96 bits per heavy atom. The second kappa shape index (κ2) is 8.29. The lowest BCUT2D eigenvalue weighted by molar-refractivity contribution is -0.124. The van der Waals surface area contributed by atoms with E-state index in [1.807, 2.05) is 0 Å². The maximum atomic E-state index is 12.5. The fourth-order valence-corrected chi connectivity index (χ4v) is 4.23. The minimum atomic E-state index is -3.63. The van der Waals surface area contributed by atoms with E-state index >= 15 is 0 Å². The van der Waals surface area contributed by atoms with Crippen molar-refractivity contribution in [1.29, 1.82) is 0 Å². The van der Waals surface area contributed by atoms with E-state index in [9.17, 15) is 13.2 Å². The SMILES string of the molecule is CC(C)(C)NS(=O)(=O)c1ccccc1CNC(=O)C1CCNC1.Cl. The minimum Gasteiger partial charge on any atom is -0.352 e.